The Bertz CT molecular complexity index is 588. The number of aromatic nitrogens is 1. The molecular formula is C14H21N3O2S. The topological polar surface area (TPSA) is 62.3 Å². The summed E-state index contributed by atoms with van der Waals surface area (Å²) >= 11 is 0. The molecule has 1 aromatic heterocycles. The lowest BCUT2D eigenvalue weighted by molar-refractivity contribution is 0.201. The highest BCUT2D eigenvalue weighted by Gasteiger charge is 2.42. The van der Waals surface area contributed by atoms with Crippen LogP contribution in [-0.2, 0) is 10.0 Å². The second-order valence-corrected chi connectivity index (χ2v) is 7.43. The van der Waals surface area contributed by atoms with E-state index < -0.39 is 10.0 Å². The van der Waals surface area contributed by atoms with E-state index in [1.165, 1.54) is 0 Å². The third kappa shape index (κ3) is 2.20. The van der Waals surface area contributed by atoms with Crippen LogP contribution < -0.4 is 5.32 Å². The van der Waals surface area contributed by atoms with Gasteiger partial charge in [0.05, 0.1) is 5.69 Å². The summed E-state index contributed by atoms with van der Waals surface area (Å²) in [5.41, 5.74) is 0.577. The van der Waals surface area contributed by atoms with Gasteiger partial charge in [-0.25, -0.2) is 13.4 Å². The van der Waals surface area contributed by atoms with Gasteiger partial charge in [-0.2, -0.15) is 4.31 Å². The Morgan fingerprint density at radius 1 is 1.30 bits per heavy atom. The van der Waals surface area contributed by atoms with Crippen LogP contribution in [0.1, 0.15) is 32.1 Å². The van der Waals surface area contributed by atoms with E-state index in [1.54, 1.807) is 29.7 Å². The first-order valence-electron chi connectivity index (χ1n) is 7.29. The van der Waals surface area contributed by atoms with Gasteiger partial charge in [-0.05, 0) is 43.7 Å². The van der Waals surface area contributed by atoms with Gasteiger partial charge < -0.3 is 5.32 Å². The van der Waals surface area contributed by atoms with Crippen molar-refractivity contribution in [2.24, 2.45) is 5.92 Å². The third-order valence-electron chi connectivity index (χ3n) is 4.54. The number of hydrogen-bond acceptors (Lipinski definition) is 4. The van der Waals surface area contributed by atoms with Gasteiger partial charge in [0.25, 0.3) is 10.0 Å². The zero-order chi connectivity index (χ0) is 14.2. The molecule has 2 aliphatic rings. The molecule has 1 aliphatic heterocycles. The first-order chi connectivity index (χ1) is 9.64. The highest BCUT2D eigenvalue weighted by atomic mass is 32.2. The van der Waals surface area contributed by atoms with E-state index in [9.17, 15) is 8.42 Å². The van der Waals surface area contributed by atoms with Crippen molar-refractivity contribution >= 4 is 15.7 Å². The summed E-state index contributed by atoms with van der Waals surface area (Å²) in [6.07, 6.45) is 6.97. The minimum Gasteiger partial charge on any atom is -0.386 e. The third-order valence-corrected chi connectivity index (χ3v) is 6.42. The maximum absolute atomic E-state index is 12.9. The van der Waals surface area contributed by atoms with Crippen LogP contribution in [0, 0.1) is 5.92 Å². The molecule has 2 fully saturated rings. The first-order valence-corrected chi connectivity index (χ1v) is 8.73. The predicted octanol–water partition coefficient (Wildman–Crippen LogP) is 2.08. The van der Waals surface area contributed by atoms with Crippen molar-refractivity contribution in [3.05, 3.63) is 18.3 Å². The molecule has 1 N–H and O–H groups in total. The summed E-state index contributed by atoms with van der Waals surface area (Å²) in [5, 5.41) is 3.09. The normalized spacial score (nSPS) is 27.2. The van der Waals surface area contributed by atoms with Crippen LogP contribution >= 0.6 is 0 Å². The summed E-state index contributed by atoms with van der Waals surface area (Å²) < 4.78 is 27.6. The van der Waals surface area contributed by atoms with Crippen LogP contribution in [-0.4, -0.2) is 37.3 Å². The fraction of sp³-hybridized carbons (Fsp3) is 0.643. The molecule has 6 heteroatoms. The van der Waals surface area contributed by atoms with Gasteiger partial charge in [0.2, 0.25) is 0 Å². The zero-order valence-electron chi connectivity index (χ0n) is 11.7. The summed E-state index contributed by atoms with van der Waals surface area (Å²) in [6, 6.07) is 3.69. The second-order valence-electron chi connectivity index (χ2n) is 5.62. The van der Waals surface area contributed by atoms with E-state index in [0.29, 0.717) is 18.2 Å². The summed E-state index contributed by atoms with van der Waals surface area (Å²) in [4.78, 5) is 4.12. The predicted molar refractivity (Wildman–Crippen MR) is 78.0 cm³/mol. The summed E-state index contributed by atoms with van der Waals surface area (Å²) in [7, 11) is -1.77. The molecule has 20 heavy (non-hydrogen) atoms. The molecule has 0 spiro atoms. The molecule has 1 aromatic rings. The minimum absolute atomic E-state index is 0.162. The maximum atomic E-state index is 12.9. The smallest absolute Gasteiger partial charge is 0.262 e. The average molecular weight is 295 g/mol. The lowest BCUT2D eigenvalue weighted by Crippen LogP contribution is -2.46. The molecule has 0 aromatic carbocycles. The molecule has 0 amide bonds. The minimum atomic E-state index is -3.50. The Kier molecular flexibility index (Phi) is 3.69. The standard InChI is InChI=1S/C14H21N3O2S/c1-15-12-7-3-9-16-14(12)20(18,19)17-10-4-6-11-5-2-8-13(11)17/h3,7,9,11,13,15H,2,4-6,8,10H2,1H3. The number of nitrogens with one attached hydrogen (secondary N) is 1. The molecule has 2 atom stereocenters. The Morgan fingerprint density at radius 3 is 2.90 bits per heavy atom. The van der Waals surface area contributed by atoms with E-state index >= 15 is 0 Å². The Morgan fingerprint density at radius 2 is 2.10 bits per heavy atom. The molecule has 2 heterocycles. The van der Waals surface area contributed by atoms with Crippen molar-refractivity contribution in [3.8, 4) is 0 Å². The van der Waals surface area contributed by atoms with Crippen molar-refractivity contribution in [2.75, 3.05) is 18.9 Å². The Labute approximate surface area is 120 Å². The summed E-state index contributed by atoms with van der Waals surface area (Å²) in [5.74, 6) is 0.542. The lowest BCUT2D eigenvalue weighted by atomic mass is 9.94. The Hall–Kier alpha value is -1.14. The van der Waals surface area contributed by atoms with Crippen molar-refractivity contribution < 1.29 is 8.42 Å². The van der Waals surface area contributed by atoms with E-state index in [1.807, 2.05) is 0 Å². The fourth-order valence-corrected chi connectivity index (χ4v) is 5.47. The number of anilines is 1. The van der Waals surface area contributed by atoms with Crippen LogP contribution in [0.3, 0.4) is 0 Å². The van der Waals surface area contributed by atoms with Crippen molar-refractivity contribution in [3.63, 3.8) is 0 Å². The monoisotopic (exact) mass is 295 g/mol. The Balaban J connectivity index is 1.98. The highest BCUT2D eigenvalue weighted by Crippen LogP contribution is 2.39. The molecular weight excluding hydrogens is 274 g/mol. The molecule has 0 bridgehead atoms. The van der Waals surface area contributed by atoms with Crippen molar-refractivity contribution in [1.29, 1.82) is 0 Å². The molecule has 1 saturated heterocycles. The largest absolute Gasteiger partial charge is 0.386 e. The van der Waals surface area contributed by atoms with E-state index in [0.717, 1.165) is 32.1 Å². The van der Waals surface area contributed by atoms with Crippen LogP contribution in [0.2, 0.25) is 0 Å². The molecule has 3 rings (SSSR count). The van der Waals surface area contributed by atoms with E-state index in [4.69, 9.17) is 0 Å². The molecule has 2 unspecified atom stereocenters. The zero-order valence-corrected chi connectivity index (χ0v) is 12.6. The lowest BCUT2D eigenvalue weighted by Gasteiger charge is -2.36. The highest BCUT2D eigenvalue weighted by molar-refractivity contribution is 7.89. The van der Waals surface area contributed by atoms with Gasteiger partial charge in [-0.15, -0.1) is 0 Å². The van der Waals surface area contributed by atoms with Gasteiger partial charge in [-0.3, -0.25) is 0 Å². The van der Waals surface area contributed by atoms with Gasteiger partial charge in [0.15, 0.2) is 5.03 Å². The van der Waals surface area contributed by atoms with Crippen LogP contribution in [0.25, 0.3) is 0 Å². The van der Waals surface area contributed by atoms with Crippen molar-refractivity contribution in [1.82, 2.24) is 9.29 Å². The average Bonchev–Trinajstić information content (AvgIpc) is 2.95. The SMILES string of the molecule is CNc1cccnc1S(=O)(=O)N1CCCC2CCCC21. The second kappa shape index (κ2) is 5.33. The van der Waals surface area contributed by atoms with Crippen LogP contribution in [0.5, 0.6) is 0 Å². The fourth-order valence-electron chi connectivity index (χ4n) is 3.60. The number of nitrogens with zero attached hydrogens (tertiary/aromatic N) is 2. The molecule has 0 radical (unpaired) electrons. The summed E-state index contributed by atoms with van der Waals surface area (Å²) in [6.45, 7) is 0.628. The van der Waals surface area contributed by atoms with Crippen molar-refractivity contribution in [2.45, 2.75) is 43.2 Å². The number of piperidine rings is 1. The number of rotatable bonds is 3. The molecule has 1 aliphatic carbocycles. The van der Waals surface area contributed by atoms with Crippen LogP contribution in [0.15, 0.2) is 23.4 Å². The van der Waals surface area contributed by atoms with E-state index in [-0.39, 0.29) is 11.1 Å². The first kappa shape index (κ1) is 13.8. The molecule has 1 saturated carbocycles. The molecule has 5 nitrogen and oxygen atoms in total. The number of hydrogen-bond donors (Lipinski definition) is 1. The van der Waals surface area contributed by atoms with Gasteiger partial charge in [0, 0.05) is 25.8 Å². The van der Waals surface area contributed by atoms with Gasteiger partial charge in [-0.1, -0.05) is 6.42 Å². The van der Waals surface area contributed by atoms with Crippen LogP contribution in [0.4, 0.5) is 5.69 Å². The van der Waals surface area contributed by atoms with Gasteiger partial charge >= 0.3 is 0 Å². The van der Waals surface area contributed by atoms with E-state index in [2.05, 4.69) is 10.3 Å². The molecule has 110 valence electrons. The number of pyridine rings is 1. The maximum Gasteiger partial charge on any atom is 0.262 e. The van der Waals surface area contributed by atoms with Gasteiger partial charge in [0.1, 0.15) is 0 Å². The number of sulfonamides is 1. The number of fused-ring (bicyclic) bond motifs is 1. The quantitative estimate of drug-likeness (QED) is 0.927.